The molecule has 4 saturated heterocycles. The molecule has 0 saturated carbocycles. The van der Waals surface area contributed by atoms with Gasteiger partial charge in [0.1, 0.15) is 22.4 Å². The number of hydrogen-bond acceptors (Lipinski definition) is 10. The van der Waals surface area contributed by atoms with E-state index in [0.717, 1.165) is 25.3 Å². The van der Waals surface area contributed by atoms with Crippen molar-refractivity contribution in [1.82, 2.24) is 24.6 Å². The number of nitrogens with one attached hydrogen (secondary N) is 2. The second kappa shape index (κ2) is 10.3. The van der Waals surface area contributed by atoms with E-state index in [9.17, 15) is 21.6 Å². The molecule has 2 unspecified atom stereocenters. The van der Waals surface area contributed by atoms with E-state index in [1.165, 1.54) is 10.5 Å². The van der Waals surface area contributed by atoms with Crippen LogP contribution >= 0.6 is 0 Å². The molecule has 0 radical (unpaired) electrons. The predicted molar refractivity (Wildman–Crippen MR) is 134 cm³/mol. The molecule has 0 spiro atoms. The molecule has 4 aliphatic rings. The molecule has 6 rings (SSSR count). The second-order valence-electron chi connectivity index (χ2n) is 10.3. The summed E-state index contributed by atoms with van der Waals surface area (Å²) >= 11 is 0. The van der Waals surface area contributed by atoms with Crippen LogP contribution in [0.5, 0.6) is 5.88 Å². The van der Waals surface area contributed by atoms with Crippen LogP contribution in [0, 0.1) is 0 Å². The van der Waals surface area contributed by atoms with Crippen molar-refractivity contribution in [1.29, 1.82) is 0 Å². The van der Waals surface area contributed by atoms with Crippen LogP contribution in [0.2, 0.25) is 0 Å². The van der Waals surface area contributed by atoms with Crippen LogP contribution in [-0.2, 0) is 20.9 Å². The van der Waals surface area contributed by atoms with Crippen molar-refractivity contribution in [2.45, 2.75) is 61.0 Å². The largest absolute Gasteiger partial charge is 0.471 e. The summed E-state index contributed by atoms with van der Waals surface area (Å²) < 4.78 is 78.9. The van der Waals surface area contributed by atoms with Crippen molar-refractivity contribution in [3.8, 4) is 5.88 Å². The number of piperazine rings is 1. The van der Waals surface area contributed by atoms with Crippen LogP contribution in [-0.4, -0.2) is 91.3 Å². The average Bonchev–Trinajstić information content (AvgIpc) is 3.42. The molecule has 2 aromatic heterocycles. The molecule has 4 fully saturated rings. The van der Waals surface area contributed by atoms with E-state index in [4.69, 9.17) is 9.47 Å². The minimum Gasteiger partial charge on any atom is -0.471 e. The number of rotatable bonds is 7. The minimum absolute atomic E-state index is 0.00368. The Hall–Kier alpha value is -2.75. The van der Waals surface area contributed by atoms with E-state index >= 15 is 0 Å². The molecule has 0 amide bonds. The average molecular weight is 570 g/mol. The van der Waals surface area contributed by atoms with Gasteiger partial charge in [-0.15, -0.1) is 0 Å². The summed E-state index contributed by atoms with van der Waals surface area (Å²) in [6, 6.07) is 3.97. The Balaban J connectivity index is 1.08. The Bertz CT molecular complexity index is 1270. The van der Waals surface area contributed by atoms with E-state index in [2.05, 4.69) is 30.5 Å². The predicted octanol–water partition coefficient (Wildman–Crippen LogP) is 1.87. The summed E-state index contributed by atoms with van der Waals surface area (Å²) in [4.78, 5) is 14.7. The molecule has 15 heteroatoms. The van der Waals surface area contributed by atoms with E-state index in [-0.39, 0.29) is 36.6 Å². The maximum absolute atomic E-state index is 13.5. The normalized spacial score (nSPS) is 26.3. The van der Waals surface area contributed by atoms with Crippen molar-refractivity contribution < 1.29 is 31.1 Å². The number of fused-ring (bicyclic) bond motifs is 2. The molecular weight excluding hydrogens is 539 g/mol. The van der Waals surface area contributed by atoms with Crippen molar-refractivity contribution >= 4 is 21.8 Å². The molecule has 2 bridgehead atoms. The molecule has 6 heterocycles. The number of hydrogen-bond donors (Lipinski definition) is 2. The van der Waals surface area contributed by atoms with Crippen LogP contribution < -0.4 is 20.3 Å². The number of anilines is 2. The summed E-state index contributed by atoms with van der Waals surface area (Å²) in [7, 11) is -3.73. The molecule has 0 aliphatic carbocycles. The molecule has 4 aliphatic heterocycles. The Labute approximate surface area is 224 Å². The number of pyridine rings is 1. The highest BCUT2D eigenvalue weighted by molar-refractivity contribution is 7.89. The minimum atomic E-state index is -4.66. The van der Waals surface area contributed by atoms with Gasteiger partial charge in [-0.2, -0.15) is 22.5 Å². The van der Waals surface area contributed by atoms with Crippen LogP contribution in [0.1, 0.15) is 31.2 Å². The lowest BCUT2D eigenvalue weighted by molar-refractivity contribution is -0.139. The summed E-state index contributed by atoms with van der Waals surface area (Å²) in [6.45, 7) is 2.91. The quantitative estimate of drug-likeness (QED) is 0.511. The number of aromatic nitrogens is 3. The van der Waals surface area contributed by atoms with Crippen molar-refractivity contribution in [2.24, 2.45) is 0 Å². The number of ether oxygens (including phenoxy) is 2. The molecule has 2 aromatic rings. The lowest BCUT2D eigenvalue weighted by Gasteiger charge is -2.53. The molecule has 212 valence electrons. The molecule has 11 nitrogen and oxygen atoms in total. The zero-order valence-corrected chi connectivity index (χ0v) is 21.9. The van der Waals surface area contributed by atoms with Gasteiger partial charge in [0, 0.05) is 63.1 Å². The maximum atomic E-state index is 13.5. The lowest BCUT2D eigenvalue weighted by atomic mass is 9.89. The number of halogens is 3. The van der Waals surface area contributed by atoms with Gasteiger partial charge in [-0.3, -0.25) is 0 Å². The van der Waals surface area contributed by atoms with Crippen LogP contribution in [0.25, 0.3) is 0 Å². The fourth-order valence-electron chi connectivity index (χ4n) is 5.59. The van der Waals surface area contributed by atoms with Crippen molar-refractivity contribution in [3.05, 3.63) is 30.1 Å². The number of sulfonamides is 1. The molecule has 0 aromatic carbocycles. The van der Waals surface area contributed by atoms with Gasteiger partial charge in [0.15, 0.2) is 0 Å². The Morgan fingerprint density at radius 3 is 2.46 bits per heavy atom. The topological polar surface area (TPSA) is 122 Å². The highest BCUT2D eigenvalue weighted by Gasteiger charge is 2.42. The third kappa shape index (κ3) is 5.36. The van der Waals surface area contributed by atoms with Crippen LogP contribution in [0.3, 0.4) is 0 Å². The van der Waals surface area contributed by atoms with E-state index in [1.54, 1.807) is 12.1 Å². The number of nitrogens with zero attached hydrogens (tertiary/aromatic N) is 5. The van der Waals surface area contributed by atoms with Gasteiger partial charge in [0.2, 0.25) is 21.9 Å². The first-order valence-corrected chi connectivity index (χ1v) is 14.5. The standard InChI is InChI=1S/C24H30F3N7O4S/c25-24(26,27)20-13-30-23(32-22(20)38-18-5-8-37-14-18)31-15-3-6-33(7-4-15)39(35,36)19-1-2-21(29-12-19)34-16-9-17(34)11-28-10-16/h1-2,12-13,15-18,28H,3-11,14H2,(H,30,31,32)/t16?,17?,18-/m0/s1. The van der Waals surface area contributed by atoms with Gasteiger partial charge in [-0.05, 0) is 31.4 Å². The molecule has 2 N–H and O–H groups in total. The van der Waals surface area contributed by atoms with Gasteiger partial charge < -0.3 is 25.0 Å². The fourth-order valence-corrected chi connectivity index (χ4v) is 7.00. The van der Waals surface area contributed by atoms with E-state index in [1.807, 2.05) is 0 Å². The summed E-state index contributed by atoms with van der Waals surface area (Å²) in [5.41, 5.74) is -1.05. The summed E-state index contributed by atoms with van der Waals surface area (Å²) in [6.07, 6.45) is -0.563. The third-order valence-electron chi connectivity index (χ3n) is 7.73. The van der Waals surface area contributed by atoms with Crippen molar-refractivity contribution in [2.75, 3.05) is 49.6 Å². The first-order chi connectivity index (χ1) is 18.7. The maximum Gasteiger partial charge on any atom is 0.423 e. The highest BCUT2D eigenvalue weighted by Crippen LogP contribution is 2.36. The number of alkyl halides is 3. The molecule has 3 atom stereocenters. The zero-order valence-electron chi connectivity index (χ0n) is 21.1. The first kappa shape index (κ1) is 26.5. The van der Waals surface area contributed by atoms with Gasteiger partial charge in [0.05, 0.1) is 13.2 Å². The van der Waals surface area contributed by atoms with Crippen LogP contribution in [0.15, 0.2) is 29.4 Å². The monoisotopic (exact) mass is 569 g/mol. The Kier molecular flexibility index (Phi) is 7.02. The van der Waals surface area contributed by atoms with Crippen LogP contribution in [0.4, 0.5) is 24.9 Å². The Morgan fingerprint density at radius 1 is 1.08 bits per heavy atom. The Morgan fingerprint density at radius 2 is 1.85 bits per heavy atom. The first-order valence-electron chi connectivity index (χ1n) is 13.1. The highest BCUT2D eigenvalue weighted by atomic mass is 32.2. The van der Waals surface area contributed by atoms with E-state index in [0.29, 0.717) is 44.1 Å². The second-order valence-corrected chi connectivity index (χ2v) is 12.2. The third-order valence-corrected chi connectivity index (χ3v) is 9.61. The molecule has 39 heavy (non-hydrogen) atoms. The smallest absolute Gasteiger partial charge is 0.423 e. The lowest BCUT2D eigenvalue weighted by Crippen LogP contribution is -2.68. The SMILES string of the molecule is O=S(=O)(c1ccc(N2C3CNCC2C3)nc1)N1CCC(Nc2ncc(C(F)(F)F)c(O[C@H]3CCOC3)n2)CC1. The van der Waals surface area contributed by atoms with Crippen molar-refractivity contribution in [3.63, 3.8) is 0 Å². The van der Waals surface area contributed by atoms with Gasteiger partial charge >= 0.3 is 6.18 Å². The summed E-state index contributed by atoms with van der Waals surface area (Å²) in [5.74, 6) is 0.258. The summed E-state index contributed by atoms with van der Waals surface area (Å²) in [5, 5.41) is 6.41. The number of piperidine rings is 2. The van der Waals surface area contributed by atoms with Gasteiger partial charge in [0.25, 0.3) is 0 Å². The fraction of sp³-hybridized carbons (Fsp3) is 0.625. The van der Waals surface area contributed by atoms with E-state index < -0.39 is 33.7 Å². The zero-order chi connectivity index (χ0) is 27.2. The van der Waals surface area contributed by atoms with Gasteiger partial charge in [-0.25, -0.2) is 18.4 Å². The van der Waals surface area contributed by atoms with Gasteiger partial charge in [-0.1, -0.05) is 0 Å². The molecular formula is C24H30F3N7O4S.